The fourth-order valence-electron chi connectivity index (χ4n) is 7.48. The number of benzene rings is 6. The highest BCUT2D eigenvalue weighted by atomic mass is 15.1. The summed E-state index contributed by atoms with van der Waals surface area (Å²) in [5.74, 6) is -1.39. The maximum absolute atomic E-state index is 10.4. The highest BCUT2D eigenvalue weighted by Gasteiger charge is 2.24. The van der Waals surface area contributed by atoms with Crippen LogP contribution in [0.2, 0.25) is 0 Å². The zero-order chi connectivity index (χ0) is 56.6. The lowest BCUT2D eigenvalue weighted by molar-refractivity contribution is 1.04. The Bertz CT molecular complexity index is 4730. The first kappa shape index (κ1) is 16.9. The number of nitrogens with zero attached hydrogens (tertiary/aromatic N) is 7. The molecule has 0 saturated heterocycles. The smallest absolute Gasteiger partial charge is 0.162 e. The van der Waals surface area contributed by atoms with Crippen molar-refractivity contribution >= 4 is 65.4 Å². The Balaban J connectivity index is 1.37. The second-order valence-electron chi connectivity index (χ2n) is 12.7. The largest absolute Gasteiger partial charge is 0.307 e. The summed E-state index contributed by atoms with van der Waals surface area (Å²) >= 11 is 0. The molecule has 12 rings (SSSR count). The molecule has 0 aliphatic heterocycles. The molecule has 0 aliphatic rings. The summed E-state index contributed by atoms with van der Waals surface area (Å²) in [6.45, 7) is 0. The van der Waals surface area contributed by atoms with Gasteiger partial charge in [0, 0.05) is 74.3 Å². The molecule has 0 amide bonds. The van der Waals surface area contributed by atoms with E-state index in [1.807, 2.05) is 0 Å². The predicted octanol–water partition coefficient (Wildman–Crippen LogP) is 11.9. The van der Waals surface area contributed by atoms with E-state index in [4.69, 9.17) is 26.9 Å². The molecule has 57 heavy (non-hydrogen) atoms. The summed E-state index contributed by atoms with van der Waals surface area (Å²) in [6.07, 6.45) is 5.59. The fourth-order valence-corrected chi connectivity index (χ4v) is 7.48. The zero-order valence-electron chi connectivity index (χ0n) is 50.8. The summed E-state index contributed by atoms with van der Waals surface area (Å²) in [5.41, 5.74) is -2.22. The van der Waals surface area contributed by atoms with Crippen LogP contribution in [-0.2, 0) is 0 Å². The molecule has 0 bridgehead atoms. The van der Waals surface area contributed by atoms with Crippen molar-refractivity contribution in [3.05, 3.63) is 188 Å². The summed E-state index contributed by atoms with van der Waals surface area (Å²) in [7, 11) is 0. The van der Waals surface area contributed by atoms with Crippen LogP contribution in [0.25, 0.3) is 105 Å². The van der Waals surface area contributed by atoms with Gasteiger partial charge in [0.2, 0.25) is 0 Å². The first-order chi connectivity index (χ1) is 37.5. The molecule has 6 aromatic heterocycles. The molecule has 266 valence electrons. The Morgan fingerprint density at radius 1 is 0.439 bits per heavy atom. The van der Waals surface area contributed by atoms with E-state index in [0.717, 1.165) is 4.57 Å². The van der Waals surface area contributed by atoms with Crippen molar-refractivity contribution in [2.75, 3.05) is 0 Å². The van der Waals surface area contributed by atoms with Crippen LogP contribution < -0.4 is 0 Å². The number of rotatable bonds is 5. The van der Waals surface area contributed by atoms with Crippen LogP contribution in [-0.4, -0.2) is 33.6 Å². The zero-order valence-corrected chi connectivity index (χ0v) is 28.8. The number of fused-ring (bicyclic) bond motifs is 9. The van der Waals surface area contributed by atoms with E-state index in [0.29, 0.717) is 0 Å². The van der Waals surface area contributed by atoms with E-state index in [9.17, 15) is 8.22 Å². The maximum atomic E-state index is 10.4. The van der Waals surface area contributed by atoms with E-state index in [2.05, 4.69) is 15.0 Å². The molecule has 12 aromatic rings. The average molecular weight is 752 g/mol. The van der Waals surface area contributed by atoms with Gasteiger partial charge in [-0.15, -0.1) is 0 Å². The van der Waals surface area contributed by atoms with Crippen LogP contribution in [0.5, 0.6) is 0 Å². The van der Waals surface area contributed by atoms with Crippen molar-refractivity contribution in [2.45, 2.75) is 0 Å². The quantitative estimate of drug-likeness (QED) is 0.176. The third kappa shape index (κ3) is 4.66. The van der Waals surface area contributed by atoms with Gasteiger partial charge in [-0.1, -0.05) is 115 Å². The van der Waals surface area contributed by atoms with Crippen LogP contribution in [0.1, 0.15) is 30.2 Å². The molecule has 7 nitrogen and oxygen atoms in total. The molecule has 0 radical (unpaired) electrons. The molecule has 0 N–H and O–H groups in total. The van der Waals surface area contributed by atoms with E-state index < -0.39 is 178 Å². The first-order valence-electron chi connectivity index (χ1n) is 28.3. The highest BCUT2D eigenvalue weighted by molar-refractivity contribution is 6.12. The van der Waals surface area contributed by atoms with Gasteiger partial charge in [0.05, 0.1) is 80.3 Å². The number of para-hydroxylation sites is 5. The molecule has 6 heterocycles. The van der Waals surface area contributed by atoms with Gasteiger partial charge in [-0.05, 0) is 42.4 Å². The predicted molar refractivity (Wildman–Crippen MR) is 232 cm³/mol. The van der Waals surface area contributed by atoms with E-state index in [1.165, 1.54) is 58.2 Å². The molecular formula is C50H31N7. The Morgan fingerprint density at radius 3 is 1.56 bits per heavy atom. The Hall–Kier alpha value is -7.90. The average Bonchev–Trinajstić information content (AvgIpc) is 4.02. The molecule has 0 unspecified atom stereocenters. The van der Waals surface area contributed by atoms with Gasteiger partial charge in [0.15, 0.2) is 5.82 Å². The van der Waals surface area contributed by atoms with Gasteiger partial charge in [0.1, 0.15) is 5.82 Å². The van der Waals surface area contributed by atoms with Crippen molar-refractivity contribution in [3.8, 4) is 39.8 Å². The second kappa shape index (κ2) is 12.3. The topological polar surface area (TPSA) is 66.3 Å². The van der Waals surface area contributed by atoms with Gasteiger partial charge < -0.3 is 9.13 Å². The summed E-state index contributed by atoms with van der Waals surface area (Å²) < 4.78 is 203. The molecule has 0 aliphatic carbocycles. The van der Waals surface area contributed by atoms with E-state index in [-0.39, 0.29) is 60.5 Å². The number of aromatic nitrogens is 7. The molecule has 7 heteroatoms. The first-order valence-corrected chi connectivity index (χ1v) is 17.3. The van der Waals surface area contributed by atoms with Gasteiger partial charge in [0.25, 0.3) is 0 Å². The molecular weight excluding hydrogens is 699 g/mol. The summed E-state index contributed by atoms with van der Waals surface area (Å²) in [5, 5.41) is -0.347. The van der Waals surface area contributed by atoms with Gasteiger partial charge in [-0.25, -0.2) is 9.97 Å². The molecule has 6 aromatic carbocycles. The standard InChI is InChI=1S/C50H31N7/c1-2-13-32(14-3-1)50-53-40(29-48(54-50)56-42-21-9-4-15-33(42)34-16-5-10-22-43(34)56)37-19-12-24-47(55-41-20-8-6-17-35(41)38-30-51-27-25-45(38)55)49(37)57-44-23-11-7-18-36(44)39-31-52-28-26-46(39)57/h1-31H/i1D,2D,3D,4D,5D,6D,7D,8D,9D,10D,11D,13D,14D,15D,16D,17D,18D,20D,21D,22D,23D,29D. The third-order valence-corrected chi connectivity index (χ3v) is 9.76. The Kier molecular flexibility index (Phi) is 3.64. The minimum Gasteiger partial charge on any atom is -0.307 e. The van der Waals surface area contributed by atoms with Crippen LogP contribution >= 0.6 is 0 Å². The number of hydrogen-bond acceptors (Lipinski definition) is 4. The fraction of sp³-hybridized carbons (Fsp3) is 0. The lowest BCUT2D eigenvalue weighted by Crippen LogP contribution is -2.07. The molecule has 0 fully saturated rings. The number of hydrogen-bond donors (Lipinski definition) is 0. The normalized spacial score (nSPS) is 17.3. The van der Waals surface area contributed by atoms with Crippen molar-refractivity contribution in [1.29, 1.82) is 0 Å². The summed E-state index contributed by atoms with van der Waals surface area (Å²) in [4.78, 5) is 18.1. The Labute approximate surface area is 357 Å². The van der Waals surface area contributed by atoms with E-state index in [1.54, 1.807) is 6.07 Å². The van der Waals surface area contributed by atoms with E-state index >= 15 is 0 Å². The molecule has 0 spiro atoms. The van der Waals surface area contributed by atoms with Crippen LogP contribution in [0.4, 0.5) is 0 Å². The van der Waals surface area contributed by atoms with Crippen LogP contribution in [0.15, 0.2) is 188 Å². The number of pyridine rings is 2. The minimum absolute atomic E-state index is 0.0146. The SMILES string of the molecule is [2H]c1c(-c2cccc(-n3c4ccncc4c4c([2H])c([2H])c([2H])c([2H])c43)c2-n2c3ccncc3c3c([2H])c([2H])c([2H])c([2H])c32)nc(-c2c([2H])c([2H])c([2H])c([2H])c2[2H])nc1-n1c2c([2H])c([2H])c([2H])c([2H])c2c2c([2H])c([2H])c([2H])c([2H])c21. The summed E-state index contributed by atoms with van der Waals surface area (Å²) in [6, 6.07) is -8.05. The van der Waals surface area contributed by atoms with Crippen molar-refractivity contribution < 1.29 is 30.2 Å². The monoisotopic (exact) mass is 751 g/mol. The van der Waals surface area contributed by atoms with Gasteiger partial charge in [-0.3, -0.25) is 14.5 Å². The second-order valence-corrected chi connectivity index (χ2v) is 12.7. The van der Waals surface area contributed by atoms with Crippen molar-refractivity contribution in [1.82, 2.24) is 33.6 Å². The lowest BCUT2D eigenvalue weighted by atomic mass is 10.1. The minimum atomic E-state index is -0.834. The van der Waals surface area contributed by atoms with Crippen molar-refractivity contribution in [2.24, 2.45) is 0 Å². The van der Waals surface area contributed by atoms with Gasteiger partial charge >= 0.3 is 0 Å². The van der Waals surface area contributed by atoms with Gasteiger partial charge in [-0.2, -0.15) is 0 Å². The van der Waals surface area contributed by atoms with Crippen LogP contribution in [0, 0.1) is 0 Å². The molecule has 0 atom stereocenters. The maximum Gasteiger partial charge on any atom is 0.162 e. The highest BCUT2D eigenvalue weighted by Crippen LogP contribution is 2.42. The third-order valence-electron chi connectivity index (χ3n) is 9.76. The van der Waals surface area contributed by atoms with Crippen LogP contribution in [0.3, 0.4) is 0 Å². The molecule has 0 saturated carbocycles. The Morgan fingerprint density at radius 2 is 0.947 bits per heavy atom. The van der Waals surface area contributed by atoms with Crippen molar-refractivity contribution in [3.63, 3.8) is 0 Å². The lowest BCUT2D eigenvalue weighted by Gasteiger charge is -2.21.